The molecule has 0 fully saturated rings. The second-order valence-corrected chi connectivity index (χ2v) is 5.24. The van der Waals surface area contributed by atoms with Gasteiger partial charge in [-0.05, 0) is 30.8 Å². The fourth-order valence-corrected chi connectivity index (χ4v) is 1.84. The van der Waals surface area contributed by atoms with Gasteiger partial charge in [-0.3, -0.25) is 4.68 Å². The highest BCUT2D eigenvalue weighted by Gasteiger charge is 2.00. The van der Waals surface area contributed by atoms with E-state index in [1.807, 2.05) is 16.4 Å². The third kappa shape index (κ3) is 5.21. The molecule has 1 aromatic rings. The fourth-order valence-electron chi connectivity index (χ4n) is 1.43. The van der Waals surface area contributed by atoms with Gasteiger partial charge in [-0.1, -0.05) is 19.1 Å². The molecule has 1 heterocycles. The molecule has 0 aliphatic carbocycles. The molecule has 0 amide bonds. The molecule has 0 aliphatic rings. The number of hydrogen-bond acceptors (Lipinski definition) is 3. The van der Waals surface area contributed by atoms with Gasteiger partial charge < -0.3 is 0 Å². The average molecular weight is 227 g/mol. The summed E-state index contributed by atoms with van der Waals surface area (Å²) >= 11 is 1.85. The lowest BCUT2D eigenvalue weighted by Gasteiger charge is -2.03. The summed E-state index contributed by atoms with van der Waals surface area (Å²) in [6.45, 7) is 5.51. The first-order valence-corrected chi connectivity index (χ1v) is 6.99. The maximum absolute atomic E-state index is 4.15. The Balaban J connectivity index is 2.26. The summed E-state index contributed by atoms with van der Waals surface area (Å²) in [6.07, 6.45) is 7.69. The zero-order chi connectivity index (χ0) is 11.1. The number of aromatic nitrogens is 3. The Morgan fingerprint density at radius 1 is 1.47 bits per heavy atom. The molecule has 0 aromatic carbocycles. The summed E-state index contributed by atoms with van der Waals surface area (Å²) in [4.78, 5) is 0. The molecule has 0 atom stereocenters. The zero-order valence-corrected chi connectivity index (χ0v) is 10.8. The molecule has 0 unspecified atom stereocenters. The van der Waals surface area contributed by atoms with Gasteiger partial charge in [-0.15, -0.1) is 5.10 Å². The Morgan fingerprint density at radius 3 is 2.93 bits per heavy atom. The van der Waals surface area contributed by atoms with E-state index in [1.54, 1.807) is 0 Å². The normalized spacial score (nSPS) is 11.2. The Hall–Kier alpha value is -0.510. The smallest absolute Gasteiger partial charge is 0.0835 e. The van der Waals surface area contributed by atoms with E-state index in [1.165, 1.54) is 12.8 Å². The largest absolute Gasteiger partial charge is 0.252 e. The number of aryl methyl sites for hydroxylation is 2. The van der Waals surface area contributed by atoms with Crippen molar-refractivity contribution in [3.05, 3.63) is 11.9 Å². The van der Waals surface area contributed by atoms with Crippen LogP contribution in [-0.2, 0) is 13.0 Å². The van der Waals surface area contributed by atoms with Crippen molar-refractivity contribution in [2.24, 2.45) is 5.92 Å². The molecule has 0 saturated carbocycles. The molecule has 86 valence electrons. The van der Waals surface area contributed by atoms with E-state index in [-0.39, 0.29) is 0 Å². The topological polar surface area (TPSA) is 30.7 Å². The van der Waals surface area contributed by atoms with E-state index in [0.717, 1.165) is 30.3 Å². The monoisotopic (exact) mass is 227 g/mol. The van der Waals surface area contributed by atoms with Gasteiger partial charge in [0.25, 0.3) is 0 Å². The lowest BCUT2D eigenvalue weighted by atomic mass is 10.1. The predicted octanol–water partition coefficient (Wildman–Crippen LogP) is 2.62. The van der Waals surface area contributed by atoms with Gasteiger partial charge in [0.1, 0.15) is 0 Å². The summed E-state index contributed by atoms with van der Waals surface area (Å²) in [7, 11) is 0. The predicted molar refractivity (Wildman–Crippen MR) is 66.2 cm³/mol. The van der Waals surface area contributed by atoms with Crippen molar-refractivity contribution in [2.45, 2.75) is 39.7 Å². The van der Waals surface area contributed by atoms with Gasteiger partial charge in [-0.2, -0.15) is 11.8 Å². The van der Waals surface area contributed by atoms with Crippen LogP contribution in [0, 0.1) is 5.92 Å². The zero-order valence-electron chi connectivity index (χ0n) is 9.94. The maximum atomic E-state index is 4.15. The van der Waals surface area contributed by atoms with Crippen molar-refractivity contribution in [3.63, 3.8) is 0 Å². The minimum Gasteiger partial charge on any atom is -0.252 e. The highest BCUT2D eigenvalue weighted by atomic mass is 32.2. The molecule has 0 bridgehead atoms. The van der Waals surface area contributed by atoms with E-state index in [4.69, 9.17) is 0 Å². The van der Waals surface area contributed by atoms with Crippen molar-refractivity contribution < 1.29 is 0 Å². The first-order chi connectivity index (χ1) is 7.22. The highest BCUT2D eigenvalue weighted by molar-refractivity contribution is 7.98. The third-order valence-corrected chi connectivity index (χ3v) is 2.93. The molecule has 0 aliphatic heterocycles. The minimum absolute atomic E-state index is 0.782. The van der Waals surface area contributed by atoms with Crippen LogP contribution in [0.15, 0.2) is 6.20 Å². The van der Waals surface area contributed by atoms with Crippen LogP contribution in [0.5, 0.6) is 0 Å². The molecule has 4 heteroatoms. The van der Waals surface area contributed by atoms with Crippen molar-refractivity contribution in [3.8, 4) is 0 Å². The van der Waals surface area contributed by atoms with Gasteiger partial charge in [0.05, 0.1) is 5.69 Å². The number of thioether (sulfide) groups is 1. The molecule has 15 heavy (non-hydrogen) atoms. The second-order valence-electron chi connectivity index (χ2n) is 4.25. The lowest BCUT2D eigenvalue weighted by molar-refractivity contribution is 0.482. The summed E-state index contributed by atoms with van der Waals surface area (Å²) in [6, 6.07) is 0. The van der Waals surface area contributed by atoms with Crippen LogP contribution in [0.3, 0.4) is 0 Å². The molecule has 3 nitrogen and oxygen atoms in total. The first kappa shape index (κ1) is 12.6. The molecular weight excluding hydrogens is 206 g/mol. The van der Waals surface area contributed by atoms with Crippen LogP contribution in [-0.4, -0.2) is 27.0 Å². The molecule has 0 spiro atoms. The van der Waals surface area contributed by atoms with Crippen LogP contribution in [0.2, 0.25) is 0 Å². The van der Waals surface area contributed by atoms with Crippen LogP contribution < -0.4 is 0 Å². The summed E-state index contributed by atoms with van der Waals surface area (Å²) < 4.78 is 1.97. The molecule has 1 aromatic heterocycles. The Labute approximate surface area is 96.6 Å². The second kappa shape index (κ2) is 6.88. The third-order valence-electron chi connectivity index (χ3n) is 2.32. The van der Waals surface area contributed by atoms with E-state index < -0.39 is 0 Å². The Kier molecular flexibility index (Phi) is 5.76. The van der Waals surface area contributed by atoms with Gasteiger partial charge in [0.2, 0.25) is 0 Å². The van der Waals surface area contributed by atoms with Crippen LogP contribution >= 0.6 is 11.8 Å². The summed E-state index contributed by atoms with van der Waals surface area (Å²) in [5.74, 6) is 1.91. The molecule has 1 rings (SSSR count). The van der Waals surface area contributed by atoms with Crippen LogP contribution in [0.4, 0.5) is 0 Å². The van der Waals surface area contributed by atoms with E-state index in [2.05, 4.69) is 36.6 Å². The van der Waals surface area contributed by atoms with E-state index in [0.29, 0.717) is 0 Å². The Morgan fingerprint density at radius 2 is 2.27 bits per heavy atom. The van der Waals surface area contributed by atoms with Gasteiger partial charge in [0, 0.05) is 19.2 Å². The highest BCUT2D eigenvalue weighted by Crippen LogP contribution is 2.06. The fraction of sp³-hybridized carbons (Fsp3) is 0.818. The lowest BCUT2D eigenvalue weighted by Crippen LogP contribution is -2.00. The Bertz CT molecular complexity index is 271. The van der Waals surface area contributed by atoms with Gasteiger partial charge >= 0.3 is 0 Å². The maximum Gasteiger partial charge on any atom is 0.0835 e. The van der Waals surface area contributed by atoms with Crippen LogP contribution in [0.25, 0.3) is 0 Å². The SMILES string of the molecule is CSCCc1cn(CCCC(C)C)nn1. The van der Waals surface area contributed by atoms with E-state index in [9.17, 15) is 0 Å². The summed E-state index contributed by atoms with van der Waals surface area (Å²) in [5, 5.41) is 8.27. The van der Waals surface area contributed by atoms with Gasteiger partial charge in [0.15, 0.2) is 0 Å². The molecule has 0 N–H and O–H groups in total. The van der Waals surface area contributed by atoms with Crippen molar-refractivity contribution >= 4 is 11.8 Å². The molecular formula is C11H21N3S. The quantitative estimate of drug-likeness (QED) is 0.717. The molecule has 0 saturated heterocycles. The number of hydrogen-bond donors (Lipinski definition) is 0. The molecule has 0 radical (unpaired) electrons. The first-order valence-electron chi connectivity index (χ1n) is 5.60. The number of nitrogens with zero attached hydrogens (tertiary/aromatic N) is 3. The van der Waals surface area contributed by atoms with Crippen molar-refractivity contribution in [1.82, 2.24) is 15.0 Å². The number of rotatable bonds is 7. The van der Waals surface area contributed by atoms with E-state index >= 15 is 0 Å². The average Bonchev–Trinajstić information content (AvgIpc) is 2.62. The standard InChI is InChI=1S/C11H21N3S/c1-10(2)5-4-7-14-9-11(12-13-14)6-8-15-3/h9-10H,4-8H2,1-3H3. The van der Waals surface area contributed by atoms with Crippen LogP contribution in [0.1, 0.15) is 32.4 Å². The van der Waals surface area contributed by atoms with Crippen molar-refractivity contribution in [1.29, 1.82) is 0 Å². The van der Waals surface area contributed by atoms with Gasteiger partial charge in [-0.25, -0.2) is 0 Å². The minimum atomic E-state index is 0.782. The van der Waals surface area contributed by atoms with Crippen molar-refractivity contribution in [2.75, 3.05) is 12.0 Å². The summed E-state index contributed by atoms with van der Waals surface area (Å²) in [5.41, 5.74) is 1.12.